The van der Waals surface area contributed by atoms with Gasteiger partial charge >= 0.3 is 0 Å². The number of hydrogen-bond acceptors (Lipinski definition) is 5. The molecule has 0 saturated carbocycles. The van der Waals surface area contributed by atoms with Gasteiger partial charge in [-0.1, -0.05) is 41.5 Å². The van der Waals surface area contributed by atoms with Crippen LogP contribution in [-0.4, -0.2) is 56.0 Å². The van der Waals surface area contributed by atoms with Gasteiger partial charge in [0, 0.05) is 7.11 Å². The van der Waals surface area contributed by atoms with Crippen molar-refractivity contribution in [2.45, 2.75) is 158 Å². The van der Waals surface area contributed by atoms with Gasteiger partial charge in [0.2, 0.25) is 0 Å². The third kappa shape index (κ3) is 13.5. The van der Waals surface area contributed by atoms with Crippen molar-refractivity contribution in [1.29, 1.82) is 0 Å². The van der Waals surface area contributed by atoms with Gasteiger partial charge < -0.3 is 24.8 Å². The molecule has 1 aliphatic rings. The SMILES string of the molecule is CC(C)(C)C(C)(C)O.CC(C)(O)C(C)(C)O.CC1(C)OC1(C)C.COC(C)(C)C(C)(C)C. The van der Waals surface area contributed by atoms with Gasteiger partial charge in [-0.3, -0.25) is 0 Å². The fraction of sp³-hybridized carbons (Fsp3) is 1.00. The summed E-state index contributed by atoms with van der Waals surface area (Å²) in [6.07, 6.45) is 0. The second-order valence-electron chi connectivity index (χ2n) is 14.0. The van der Waals surface area contributed by atoms with Crippen LogP contribution in [0.3, 0.4) is 0 Å². The fourth-order valence-electron chi connectivity index (χ4n) is 0.919. The molecule has 1 aliphatic heterocycles. The van der Waals surface area contributed by atoms with E-state index in [0.717, 1.165) is 0 Å². The van der Waals surface area contributed by atoms with E-state index < -0.39 is 16.8 Å². The molecule has 1 heterocycles. The Balaban J connectivity index is -0.000000351. The summed E-state index contributed by atoms with van der Waals surface area (Å²) in [6.45, 7) is 35.2. The molecule has 0 aromatic carbocycles. The Morgan fingerprint density at radius 2 is 0.688 bits per heavy atom. The van der Waals surface area contributed by atoms with E-state index in [1.807, 2.05) is 34.6 Å². The van der Waals surface area contributed by atoms with Crippen molar-refractivity contribution in [3.8, 4) is 0 Å². The van der Waals surface area contributed by atoms with Crippen LogP contribution in [0.1, 0.15) is 125 Å². The summed E-state index contributed by atoms with van der Waals surface area (Å²) in [4.78, 5) is 0. The van der Waals surface area contributed by atoms with Crippen LogP contribution in [0.15, 0.2) is 0 Å². The summed E-state index contributed by atoms with van der Waals surface area (Å²) in [7, 11) is 1.76. The minimum absolute atomic E-state index is 0.00694. The van der Waals surface area contributed by atoms with Crippen molar-refractivity contribution in [3.63, 3.8) is 0 Å². The van der Waals surface area contributed by atoms with Gasteiger partial charge in [0.15, 0.2) is 0 Å². The zero-order valence-corrected chi connectivity index (χ0v) is 25.2. The molecule has 0 radical (unpaired) electrons. The summed E-state index contributed by atoms with van der Waals surface area (Å²) >= 11 is 0. The Hall–Kier alpha value is -0.200. The van der Waals surface area contributed by atoms with Gasteiger partial charge in [0.1, 0.15) is 0 Å². The van der Waals surface area contributed by atoms with Gasteiger partial charge in [0.05, 0.1) is 33.6 Å². The number of aliphatic hydroxyl groups is 3. The molecule has 0 unspecified atom stereocenters. The molecule has 1 rings (SSSR count). The van der Waals surface area contributed by atoms with Crippen molar-refractivity contribution in [2.75, 3.05) is 7.11 Å². The summed E-state index contributed by atoms with van der Waals surface area (Å²) in [6, 6.07) is 0. The first-order valence-electron chi connectivity index (χ1n) is 11.7. The Labute approximate surface area is 201 Å². The minimum atomic E-state index is -1.01. The number of methoxy groups -OCH3 is 1. The van der Waals surface area contributed by atoms with Gasteiger partial charge in [-0.15, -0.1) is 0 Å². The molecule has 1 saturated heterocycles. The zero-order valence-electron chi connectivity index (χ0n) is 25.2. The highest BCUT2D eigenvalue weighted by molar-refractivity contribution is 5.03. The first-order chi connectivity index (χ1) is 13.3. The smallest absolute Gasteiger partial charge is 0.0918 e. The average Bonchev–Trinajstić information content (AvgIpc) is 2.90. The highest BCUT2D eigenvalue weighted by atomic mass is 16.6. The second kappa shape index (κ2) is 11.0. The quantitative estimate of drug-likeness (QED) is 0.414. The molecule has 0 aromatic heterocycles. The summed E-state index contributed by atoms with van der Waals surface area (Å²) in [5.41, 5.74) is -2.09. The van der Waals surface area contributed by atoms with Gasteiger partial charge in [-0.25, -0.2) is 0 Å². The molecule has 32 heavy (non-hydrogen) atoms. The highest BCUT2D eigenvalue weighted by Crippen LogP contribution is 2.46. The second-order valence-corrected chi connectivity index (χ2v) is 14.0. The minimum Gasteiger partial charge on any atom is -0.390 e. The molecule has 0 spiro atoms. The molecule has 0 atom stereocenters. The highest BCUT2D eigenvalue weighted by Gasteiger charge is 2.55. The van der Waals surface area contributed by atoms with Crippen LogP contribution >= 0.6 is 0 Å². The van der Waals surface area contributed by atoms with Crippen molar-refractivity contribution in [1.82, 2.24) is 0 Å². The first-order valence-corrected chi connectivity index (χ1v) is 11.7. The average molecular weight is 465 g/mol. The molecule has 0 amide bonds. The fourth-order valence-corrected chi connectivity index (χ4v) is 0.919. The topological polar surface area (TPSA) is 82.5 Å². The van der Waals surface area contributed by atoms with Crippen LogP contribution in [-0.2, 0) is 9.47 Å². The predicted molar refractivity (Wildman–Crippen MR) is 138 cm³/mol. The summed E-state index contributed by atoms with van der Waals surface area (Å²) in [5.74, 6) is 0. The maximum absolute atomic E-state index is 9.35. The van der Waals surface area contributed by atoms with Crippen LogP contribution in [0.5, 0.6) is 0 Å². The van der Waals surface area contributed by atoms with Crippen molar-refractivity contribution < 1.29 is 24.8 Å². The van der Waals surface area contributed by atoms with Crippen LogP contribution in [0.25, 0.3) is 0 Å². The maximum Gasteiger partial charge on any atom is 0.0918 e. The standard InChI is InChI=1S/C8H18O.C7H16O.C6H14O2.C6H12O/c1-7(2,3)8(4,5)9-6;1-6(2,3)7(4,5)8;1-5(2,7)6(3,4)8;1-5(2)6(3,4)7-5/h1-6H3;8H,1-5H3;7-8H,1-4H3;1-4H3. The lowest BCUT2D eigenvalue weighted by atomic mass is 9.79. The van der Waals surface area contributed by atoms with Crippen LogP contribution in [0.2, 0.25) is 0 Å². The molecule has 5 nitrogen and oxygen atoms in total. The molecule has 0 aromatic rings. The van der Waals surface area contributed by atoms with E-state index in [1.54, 1.807) is 34.8 Å². The van der Waals surface area contributed by atoms with E-state index in [-0.39, 0.29) is 27.6 Å². The molecule has 1 fully saturated rings. The monoisotopic (exact) mass is 464 g/mol. The zero-order chi connectivity index (χ0) is 27.4. The Kier molecular flexibility index (Phi) is 12.5. The van der Waals surface area contributed by atoms with E-state index in [2.05, 4.69) is 62.3 Å². The van der Waals surface area contributed by atoms with Crippen LogP contribution in [0, 0.1) is 10.8 Å². The largest absolute Gasteiger partial charge is 0.390 e. The Morgan fingerprint density at radius 1 is 0.500 bits per heavy atom. The number of epoxide rings is 1. The van der Waals surface area contributed by atoms with E-state index in [0.29, 0.717) is 0 Å². The molecule has 3 N–H and O–H groups in total. The maximum atomic E-state index is 9.35. The molecule has 0 bridgehead atoms. The molecular formula is C27H60O5. The van der Waals surface area contributed by atoms with Gasteiger partial charge in [-0.2, -0.15) is 0 Å². The molecule has 5 heteroatoms. The molecular weight excluding hydrogens is 404 g/mol. The Morgan fingerprint density at radius 3 is 0.688 bits per heavy atom. The van der Waals surface area contributed by atoms with Crippen molar-refractivity contribution >= 4 is 0 Å². The number of ether oxygens (including phenoxy) is 2. The number of rotatable bonds is 2. The lowest BCUT2D eigenvalue weighted by Gasteiger charge is -2.37. The van der Waals surface area contributed by atoms with Gasteiger partial charge in [0.25, 0.3) is 0 Å². The molecule has 198 valence electrons. The van der Waals surface area contributed by atoms with Crippen molar-refractivity contribution in [3.05, 3.63) is 0 Å². The van der Waals surface area contributed by atoms with Crippen molar-refractivity contribution in [2.24, 2.45) is 10.8 Å². The summed E-state index contributed by atoms with van der Waals surface area (Å²) < 4.78 is 10.6. The van der Waals surface area contributed by atoms with E-state index in [4.69, 9.17) is 19.7 Å². The predicted octanol–water partition coefficient (Wildman–Crippen LogP) is 6.36. The lowest BCUT2D eigenvalue weighted by Crippen LogP contribution is -2.44. The van der Waals surface area contributed by atoms with E-state index in [9.17, 15) is 5.11 Å². The normalized spacial score (nSPS) is 18.2. The van der Waals surface area contributed by atoms with E-state index in [1.165, 1.54) is 0 Å². The number of hydrogen-bond donors (Lipinski definition) is 3. The van der Waals surface area contributed by atoms with Gasteiger partial charge in [-0.05, 0) is 93.9 Å². The third-order valence-electron chi connectivity index (χ3n) is 7.57. The first kappa shape index (κ1) is 36.4. The lowest BCUT2D eigenvalue weighted by molar-refractivity contribution is -0.107. The Bertz CT molecular complexity index is 465. The van der Waals surface area contributed by atoms with Crippen LogP contribution in [0.4, 0.5) is 0 Å². The third-order valence-corrected chi connectivity index (χ3v) is 7.57. The molecule has 0 aliphatic carbocycles. The summed E-state index contributed by atoms with van der Waals surface area (Å²) in [5, 5.41) is 27.6. The van der Waals surface area contributed by atoms with E-state index >= 15 is 0 Å². The van der Waals surface area contributed by atoms with Crippen LogP contribution < -0.4 is 0 Å².